The molecule has 20 heavy (non-hydrogen) atoms. The molecule has 2 rings (SSSR count). The van der Waals surface area contributed by atoms with E-state index in [1.165, 1.54) is 0 Å². The summed E-state index contributed by atoms with van der Waals surface area (Å²) in [6.07, 6.45) is 4.21. The van der Waals surface area contributed by atoms with E-state index in [1.807, 2.05) is 4.90 Å². The van der Waals surface area contributed by atoms with E-state index < -0.39 is 0 Å². The van der Waals surface area contributed by atoms with E-state index >= 15 is 0 Å². The fourth-order valence-electron chi connectivity index (χ4n) is 2.21. The van der Waals surface area contributed by atoms with Gasteiger partial charge in [-0.2, -0.15) is 0 Å². The van der Waals surface area contributed by atoms with E-state index in [4.69, 9.17) is 11.6 Å². The molecule has 1 aromatic rings. The highest BCUT2D eigenvalue weighted by molar-refractivity contribution is 6.29. The van der Waals surface area contributed by atoms with Crippen LogP contribution in [0.3, 0.4) is 0 Å². The van der Waals surface area contributed by atoms with Crippen molar-refractivity contribution in [2.24, 2.45) is 0 Å². The minimum Gasteiger partial charge on any atom is -0.370 e. The van der Waals surface area contributed by atoms with Crippen molar-refractivity contribution in [1.29, 1.82) is 0 Å². The van der Waals surface area contributed by atoms with Gasteiger partial charge in [-0.1, -0.05) is 25.4 Å². The molecular formula is C15H22ClN3O. The molecule has 0 aromatic carbocycles. The van der Waals surface area contributed by atoms with Crippen molar-refractivity contribution < 1.29 is 4.79 Å². The molecule has 0 aliphatic heterocycles. The number of carbonyl (C=O) groups excluding carboxylic acids is 1. The van der Waals surface area contributed by atoms with Gasteiger partial charge in [-0.15, -0.1) is 0 Å². The maximum atomic E-state index is 12.6. The van der Waals surface area contributed by atoms with Crippen LogP contribution in [0, 0.1) is 0 Å². The number of halogens is 1. The molecule has 0 atom stereocenters. The Labute approximate surface area is 125 Å². The molecule has 1 aliphatic rings. The molecule has 0 bridgehead atoms. The van der Waals surface area contributed by atoms with E-state index in [2.05, 4.69) is 24.1 Å². The lowest BCUT2D eigenvalue weighted by atomic mass is 10.2. The molecule has 1 aromatic heterocycles. The molecule has 1 fully saturated rings. The predicted octanol–water partition coefficient (Wildman–Crippen LogP) is 3.57. The Hall–Kier alpha value is -1.29. The number of pyridine rings is 1. The van der Waals surface area contributed by atoms with E-state index in [0.29, 0.717) is 22.6 Å². The van der Waals surface area contributed by atoms with Gasteiger partial charge in [0.1, 0.15) is 11.0 Å². The fraction of sp³-hybridized carbons (Fsp3) is 0.600. The van der Waals surface area contributed by atoms with Gasteiger partial charge >= 0.3 is 0 Å². The molecule has 1 amide bonds. The first-order valence-corrected chi connectivity index (χ1v) is 7.76. The summed E-state index contributed by atoms with van der Waals surface area (Å²) in [6.45, 7) is 5.81. The third kappa shape index (κ3) is 3.85. The molecule has 0 unspecified atom stereocenters. The monoisotopic (exact) mass is 295 g/mol. The first kappa shape index (κ1) is 15.1. The summed E-state index contributed by atoms with van der Waals surface area (Å²) in [7, 11) is 0. The van der Waals surface area contributed by atoms with Gasteiger partial charge in [-0.25, -0.2) is 4.98 Å². The number of aromatic nitrogens is 1. The summed E-state index contributed by atoms with van der Waals surface area (Å²) in [6, 6.07) is 3.88. The van der Waals surface area contributed by atoms with Gasteiger partial charge in [-0.3, -0.25) is 4.79 Å². The summed E-state index contributed by atoms with van der Waals surface area (Å²) >= 11 is 6.03. The zero-order chi connectivity index (χ0) is 14.5. The largest absolute Gasteiger partial charge is 0.370 e. The van der Waals surface area contributed by atoms with Crippen molar-refractivity contribution in [2.75, 3.05) is 18.4 Å². The molecule has 0 spiro atoms. The number of anilines is 1. The van der Waals surface area contributed by atoms with Gasteiger partial charge in [0, 0.05) is 24.7 Å². The summed E-state index contributed by atoms with van der Waals surface area (Å²) in [5, 5.41) is 3.54. The molecule has 0 radical (unpaired) electrons. The third-order valence-electron chi connectivity index (χ3n) is 3.31. The summed E-state index contributed by atoms with van der Waals surface area (Å²) in [5.41, 5.74) is 0.629. The third-order valence-corrected chi connectivity index (χ3v) is 3.50. The Kier molecular flexibility index (Phi) is 5.24. The average Bonchev–Trinajstić information content (AvgIpc) is 3.25. The van der Waals surface area contributed by atoms with Crippen LogP contribution in [0.2, 0.25) is 5.15 Å². The number of hydrogen-bond donors (Lipinski definition) is 1. The van der Waals surface area contributed by atoms with Crippen molar-refractivity contribution in [1.82, 2.24) is 9.88 Å². The van der Waals surface area contributed by atoms with Gasteiger partial charge < -0.3 is 10.2 Å². The van der Waals surface area contributed by atoms with Crippen molar-refractivity contribution in [3.63, 3.8) is 0 Å². The van der Waals surface area contributed by atoms with E-state index in [0.717, 1.165) is 38.8 Å². The molecule has 1 heterocycles. The second-order valence-electron chi connectivity index (χ2n) is 5.22. The average molecular weight is 296 g/mol. The van der Waals surface area contributed by atoms with E-state index in [9.17, 15) is 4.79 Å². The van der Waals surface area contributed by atoms with E-state index in [-0.39, 0.29) is 5.91 Å². The summed E-state index contributed by atoms with van der Waals surface area (Å²) in [4.78, 5) is 18.8. The number of nitrogens with one attached hydrogen (secondary N) is 1. The molecule has 5 heteroatoms. The second kappa shape index (κ2) is 6.93. The van der Waals surface area contributed by atoms with Gasteiger partial charge in [0.15, 0.2) is 0 Å². The first-order valence-electron chi connectivity index (χ1n) is 7.38. The fourth-order valence-corrected chi connectivity index (χ4v) is 2.42. The molecule has 0 saturated heterocycles. The van der Waals surface area contributed by atoms with Gasteiger partial charge in [0.25, 0.3) is 5.91 Å². The van der Waals surface area contributed by atoms with Crippen LogP contribution in [0.25, 0.3) is 0 Å². The number of amides is 1. The molecule has 1 aliphatic carbocycles. The highest BCUT2D eigenvalue weighted by atomic mass is 35.5. The lowest BCUT2D eigenvalue weighted by molar-refractivity contribution is 0.0743. The maximum absolute atomic E-state index is 12.6. The smallest absolute Gasteiger partial charge is 0.254 e. The number of hydrogen-bond acceptors (Lipinski definition) is 3. The standard InChI is InChI=1S/C15H22ClN3O/c1-3-7-17-14-10-11(9-13(16)18-14)15(20)19(8-4-2)12-5-6-12/h9-10,12H,3-8H2,1-2H3,(H,17,18). The topological polar surface area (TPSA) is 45.2 Å². The number of carbonyl (C=O) groups is 1. The Morgan fingerprint density at radius 2 is 2.15 bits per heavy atom. The van der Waals surface area contributed by atoms with Gasteiger partial charge in [0.05, 0.1) is 0 Å². The quantitative estimate of drug-likeness (QED) is 0.782. The molecule has 1 saturated carbocycles. The zero-order valence-electron chi connectivity index (χ0n) is 12.2. The van der Waals surface area contributed by atoms with Crippen LogP contribution in [0.1, 0.15) is 49.9 Å². The minimum atomic E-state index is 0.0678. The Bertz CT molecular complexity index is 474. The Balaban J connectivity index is 2.17. The van der Waals surface area contributed by atoms with Gasteiger partial charge in [-0.05, 0) is 37.8 Å². The van der Waals surface area contributed by atoms with Crippen LogP contribution in [0.4, 0.5) is 5.82 Å². The van der Waals surface area contributed by atoms with Crippen LogP contribution in [-0.2, 0) is 0 Å². The van der Waals surface area contributed by atoms with Crippen LogP contribution in [0.15, 0.2) is 12.1 Å². The van der Waals surface area contributed by atoms with Crippen molar-refractivity contribution >= 4 is 23.3 Å². The maximum Gasteiger partial charge on any atom is 0.254 e. The molecule has 110 valence electrons. The lowest BCUT2D eigenvalue weighted by Crippen LogP contribution is -2.33. The SMILES string of the molecule is CCCNc1cc(C(=O)N(CCC)C2CC2)cc(Cl)n1. The lowest BCUT2D eigenvalue weighted by Gasteiger charge is -2.22. The normalized spacial score (nSPS) is 14.2. The van der Waals surface area contributed by atoms with Crippen molar-refractivity contribution in [3.8, 4) is 0 Å². The van der Waals surface area contributed by atoms with Crippen molar-refractivity contribution in [2.45, 2.75) is 45.6 Å². The van der Waals surface area contributed by atoms with Crippen molar-refractivity contribution in [3.05, 3.63) is 22.8 Å². The number of rotatable bonds is 7. The minimum absolute atomic E-state index is 0.0678. The first-order chi connectivity index (χ1) is 9.65. The Morgan fingerprint density at radius 3 is 2.75 bits per heavy atom. The zero-order valence-corrected chi connectivity index (χ0v) is 12.9. The predicted molar refractivity (Wildman–Crippen MR) is 82.4 cm³/mol. The second-order valence-corrected chi connectivity index (χ2v) is 5.61. The Morgan fingerprint density at radius 1 is 1.40 bits per heavy atom. The number of nitrogens with zero attached hydrogens (tertiary/aromatic N) is 2. The van der Waals surface area contributed by atoms with Gasteiger partial charge in [0.2, 0.25) is 0 Å². The van der Waals surface area contributed by atoms with Crippen LogP contribution >= 0.6 is 11.6 Å². The molecule has 4 nitrogen and oxygen atoms in total. The highest BCUT2D eigenvalue weighted by Crippen LogP contribution is 2.29. The van der Waals surface area contributed by atoms with Crippen LogP contribution in [-0.4, -0.2) is 34.9 Å². The summed E-state index contributed by atoms with van der Waals surface area (Å²) in [5.74, 6) is 0.744. The molecule has 1 N–H and O–H groups in total. The summed E-state index contributed by atoms with van der Waals surface area (Å²) < 4.78 is 0. The van der Waals surface area contributed by atoms with E-state index in [1.54, 1.807) is 12.1 Å². The van der Waals surface area contributed by atoms with Crippen LogP contribution < -0.4 is 5.32 Å². The van der Waals surface area contributed by atoms with Crippen LogP contribution in [0.5, 0.6) is 0 Å². The molecular weight excluding hydrogens is 274 g/mol. The highest BCUT2D eigenvalue weighted by Gasteiger charge is 2.32.